The standard InChI is InChI=1S/C60H44O4P2/c1-7-23-41(24-8-1)51-39-47-35-19-21-37-49(47)53(59(51)65-61-55(43-27-11-3-12-28-43)56(62-65)44-29-13-4-14-30-44)54-50-38-22-20-36-48(50)40-52(42-25-9-2-10-26-42)60(54)66-63-57(45-31-15-5-16-32-45)58(64-66)46-33-17-6-18-34-46/h1-40,55-58H/t55-,56-,57-,58-/m0/s1. The van der Waals surface area contributed by atoms with Gasteiger partial charge in [-0.05, 0) is 78.2 Å². The molecule has 0 unspecified atom stereocenters. The van der Waals surface area contributed by atoms with Gasteiger partial charge in [-0.3, -0.25) is 0 Å². The number of fused-ring (bicyclic) bond motifs is 2. The van der Waals surface area contributed by atoms with E-state index in [1.165, 1.54) is 0 Å². The van der Waals surface area contributed by atoms with Crippen molar-refractivity contribution in [3.8, 4) is 33.4 Å². The van der Waals surface area contributed by atoms with Crippen LogP contribution < -0.4 is 10.6 Å². The average Bonchev–Trinajstić information content (AvgIpc) is 4.05. The molecule has 66 heavy (non-hydrogen) atoms. The van der Waals surface area contributed by atoms with Crippen LogP contribution in [0.4, 0.5) is 0 Å². The third-order valence-electron chi connectivity index (χ3n) is 12.7. The number of benzene rings is 10. The van der Waals surface area contributed by atoms with E-state index in [9.17, 15) is 0 Å². The summed E-state index contributed by atoms with van der Waals surface area (Å²) in [6.45, 7) is 0. The minimum absolute atomic E-state index is 0.348. The summed E-state index contributed by atoms with van der Waals surface area (Å²) in [5.41, 5.74) is 10.8. The van der Waals surface area contributed by atoms with Crippen molar-refractivity contribution >= 4 is 48.9 Å². The van der Waals surface area contributed by atoms with Crippen LogP contribution in [0.1, 0.15) is 46.7 Å². The molecule has 10 aromatic carbocycles. The molecule has 0 amide bonds. The molecule has 0 saturated carbocycles. The molecule has 10 aromatic rings. The molecule has 6 heteroatoms. The lowest BCUT2D eigenvalue weighted by Gasteiger charge is -2.27. The van der Waals surface area contributed by atoms with Gasteiger partial charge < -0.3 is 18.1 Å². The molecule has 2 saturated heterocycles. The second-order valence-electron chi connectivity index (χ2n) is 16.7. The van der Waals surface area contributed by atoms with Gasteiger partial charge in [-0.2, -0.15) is 0 Å². The van der Waals surface area contributed by atoms with E-state index < -0.39 is 16.8 Å². The zero-order valence-corrected chi connectivity index (χ0v) is 37.7. The summed E-state index contributed by atoms with van der Waals surface area (Å²) in [6, 6.07) is 85.8. The molecule has 0 bridgehead atoms. The third-order valence-corrected chi connectivity index (χ3v) is 16.1. The van der Waals surface area contributed by atoms with Gasteiger partial charge in [0.15, 0.2) is 0 Å². The first kappa shape index (κ1) is 40.9. The second kappa shape index (κ2) is 18.0. The smallest absolute Gasteiger partial charge is 0.207 e. The van der Waals surface area contributed by atoms with Crippen molar-refractivity contribution in [2.45, 2.75) is 24.4 Å². The van der Waals surface area contributed by atoms with Crippen molar-refractivity contribution in [3.05, 3.63) is 265 Å². The Morgan fingerprint density at radius 1 is 0.273 bits per heavy atom. The summed E-state index contributed by atoms with van der Waals surface area (Å²) in [7, 11) is -3.47. The van der Waals surface area contributed by atoms with Crippen LogP contribution in [0.5, 0.6) is 0 Å². The number of hydrogen-bond donors (Lipinski definition) is 0. The van der Waals surface area contributed by atoms with Crippen LogP contribution >= 0.6 is 16.8 Å². The van der Waals surface area contributed by atoms with Gasteiger partial charge in [0.25, 0.3) is 0 Å². The molecule has 2 aliphatic heterocycles. The highest BCUT2D eigenvalue weighted by Gasteiger charge is 2.45. The van der Waals surface area contributed by atoms with E-state index in [1.54, 1.807) is 0 Å². The highest BCUT2D eigenvalue weighted by molar-refractivity contribution is 7.58. The normalized spacial score (nSPS) is 18.8. The fourth-order valence-electron chi connectivity index (χ4n) is 9.64. The van der Waals surface area contributed by atoms with Crippen LogP contribution in [0.2, 0.25) is 0 Å². The predicted octanol–water partition coefficient (Wildman–Crippen LogP) is 15.9. The maximum Gasteiger partial charge on any atom is 0.207 e. The van der Waals surface area contributed by atoms with Crippen molar-refractivity contribution in [2.24, 2.45) is 0 Å². The first-order valence-corrected chi connectivity index (χ1v) is 24.8. The van der Waals surface area contributed by atoms with Gasteiger partial charge in [-0.25, -0.2) is 0 Å². The Morgan fingerprint density at radius 2 is 0.530 bits per heavy atom. The average molecular weight is 891 g/mol. The Labute approximate surface area is 387 Å². The SMILES string of the molecule is c1ccc(-c2cc3ccccc3c(-c3c(P4O[C@@H](c5ccccc5)[C@H](c5ccccc5)O4)c(-c4ccccc4)cc4ccccc34)c2P2O[C@@H](c3ccccc3)[C@H](c3ccccc3)O2)cc1. The van der Waals surface area contributed by atoms with Gasteiger partial charge in [-0.15, -0.1) is 0 Å². The number of hydrogen-bond acceptors (Lipinski definition) is 4. The second-order valence-corrected chi connectivity index (χ2v) is 19.5. The van der Waals surface area contributed by atoms with E-state index in [0.717, 1.165) is 87.8 Å². The summed E-state index contributed by atoms with van der Waals surface area (Å²) in [5.74, 6) is 0. The van der Waals surface area contributed by atoms with Crippen molar-refractivity contribution in [1.29, 1.82) is 0 Å². The molecule has 0 radical (unpaired) electrons. The lowest BCUT2D eigenvalue weighted by Crippen LogP contribution is -2.18. The maximum absolute atomic E-state index is 7.50. The van der Waals surface area contributed by atoms with Gasteiger partial charge in [-0.1, -0.05) is 231 Å². The van der Waals surface area contributed by atoms with Crippen LogP contribution in [0.25, 0.3) is 54.9 Å². The van der Waals surface area contributed by atoms with Crippen molar-refractivity contribution in [3.63, 3.8) is 0 Å². The summed E-state index contributed by atoms with van der Waals surface area (Å²) in [6.07, 6.45) is -1.39. The van der Waals surface area contributed by atoms with Gasteiger partial charge in [0, 0.05) is 21.7 Å². The van der Waals surface area contributed by atoms with Crippen molar-refractivity contribution < 1.29 is 18.1 Å². The van der Waals surface area contributed by atoms with Crippen LogP contribution in [0.3, 0.4) is 0 Å². The van der Waals surface area contributed by atoms with Gasteiger partial charge >= 0.3 is 0 Å². The Balaban J connectivity index is 1.18. The molecule has 4 nitrogen and oxygen atoms in total. The van der Waals surface area contributed by atoms with E-state index in [1.807, 2.05) is 0 Å². The Morgan fingerprint density at radius 3 is 0.833 bits per heavy atom. The molecule has 0 aliphatic carbocycles. The van der Waals surface area contributed by atoms with E-state index in [0.29, 0.717) is 0 Å². The lowest BCUT2D eigenvalue weighted by molar-refractivity contribution is 0.159. The Kier molecular flexibility index (Phi) is 11.2. The summed E-state index contributed by atoms with van der Waals surface area (Å²) in [4.78, 5) is 0. The molecule has 0 N–H and O–H groups in total. The zero-order chi connectivity index (χ0) is 43.8. The molecule has 2 fully saturated rings. The molecule has 318 valence electrons. The largest absolute Gasteiger partial charge is 0.319 e. The van der Waals surface area contributed by atoms with Crippen molar-refractivity contribution in [2.75, 3.05) is 0 Å². The van der Waals surface area contributed by atoms with Crippen LogP contribution in [-0.4, -0.2) is 0 Å². The molecule has 4 atom stereocenters. The third kappa shape index (κ3) is 7.57. The fraction of sp³-hybridized carbons (Fsp3) is 0.0667. The predicted molar refractivity (Wildman–Crippen MR) is 272 cm³/mol. The first-order chi connectivity index (χ1) is 32.8. The van der Waals surface area contributed by atoms with E-state index in [2.05, 4.69) is 243 Å². The molecule has 0 aromatic heterocycles. The Bertz CT molecular complexity index is 2960. The molecule has 2 aliphatic rings. The highest BCUT2D eigenvalue weighted by atomic mass is 31.2. The minimum Gasteiger partial charge on any atom is -0.319 e. The van der Waals surface area contributed by atoms with E-state index in [-0.39, 0.29) is 24.4 Å². The van der Waals surface area contributed by atoms with E-state index in [4.69, 9.17) is 18.1 Å². The maximum atomic E-state index is 7.50. The quantitative estimate of drug-likeness (QED) is 0.135. The van der Waals surface area contributed by atoms with Crippen LogP contribution in [0.15, 0.2) is 243 Å². The summed E-state index contributed by atoms with van der Waals surface area (Å²) < 4.78 is 30.0. The summed E-state index contributed by atoms with van der Waals surface area (Å²) >= 11 is 0. The van der Waals surface area contributed by atoms with Gasteiger partial charge in [0.2, 0.25) is 16.8 Å². The first-order valence-electron chi connectivity index (χ1n) is 22.5. The van der Waals surface area contributed by atoms with Crippen LogP contribution in [0, 0.1) is 0 Å². The lowest BCUT2D eigenvalue weighted by atomic mass is 9.88. The molecule has 12 rings (SSSR count). The number of rotatable bonds is 9. The minimum atomic E-state index is -1.74. The van der Waals surface area contributed by atoms with E-state index >= 15 is 0 Å². The molecule has 0 spiro atoms. The zero-order valence-electron chi connectivity index (χ0n) is 35.9. The molecular weight excluding hydrogens is 847 g/mol. The highest BCUT2D eigenvalue weighted by Crippen LogP contribution is 2.64. The topological polar surface area (TPSA) is 36.9 Å². The monoisotopic (exact) mass is 890 g/mol. The fourth-order valence-corrected chi connectivity index (χ4v) is 13.5. The van der Waals surface area contributed by atoms with Gasteiger partial charge in [0.05, 0.1) is 0 Å². The summed E-state index contributed by atoms with van der Waals surface area (Å²) in [5, 5.41) is 6.50. The van der Waals surface area contributed by atoms with Gasteiger partial charge in [0.1, 0.15) is 24.4 Å². The molecular formula is C60H44O4P2. The van der Waals surface area contributed by atoms with Crippen LogP contribution in [-0.2, 0) is 18.1 Å². The molecule has 2 heterocycles. The van der Waals surface area contributed by atoms with Crippen molar-refractivity contribution in [1.82, 2.24) is 0 Å². The Hall–Kier alpha value is -6.58.